The summed E-state index contributed by atoms with van der Waals surface area (Å²) in [6.45, 7) is 7.77. The van der Waals surface area contributed by atoms with E-state index in [9.17, 15) is 23.2 Å². The molecule has 188 valence electrons. The fourth-order valence-corrected chi connectivity index (χ4v) is 4.80. The second-order valence-corrected chi connectivity index (χ2v) is 10.5. The van der Waals surface area contributed by atoms with Gasteiger partial charge < -0.3 is 14.0 Å². The van der Waals surface area contributed by atoms with Crippen LogP contribution < -0.4 is 9.54 Å². The van der Waals surface area contributed by atoms with Crippen LogP contribution in [0.25, 0.3) is 0 Å². The van der Waals surface area contributed by atoms with Crippen LogP contribution in [-0.4, -0.2) is 29.1 Å². The third-order valence-corrected chi connectivity index (χ3v) is 7.11. The van der Waals surface area contributed by atoms with Crippen LogP contribution in [0.2, 0.25) is 0 Å². The van der Waals surface area contributed by atoms with E-state index in [0.29, 0.717) is 24.2 Å². The summed E-state index contributed by atoms with van der Waals surface area (Å²) in [5, 5.41) is 9.28. The molecular weight excluding hydrogens is 481 g/mol. The summed E-state index contributed by atoms with van der Waals surface area (Å²) < 4.78 is 52.9. The van der Waals surface area contributed by atoms with Gasteiger partial charge in [-0.3, -0.25) is 4.79 Å². The lowest BCUT2D eigenvalue weighted by atomic mass is 9.80. The summed E-state index contributed by atoms with van der Waals surface area (Å²) in [5.41, 5.74) is -1.88. The molecular formula is C24H27F3N4O3S. The Hall–Kier alpha value is -3.13. The average molecular weight is 509 g/mol. The molecule has 1 fully saturated rings. The lowest BCUT2D eigenvalue weighted by Gasteiger charge is -2.40. The van der Waals surface area contributed by atoms with E-state index >= 15 is 0 Å². The van der Waals surface area contributed by atoms with E-state index in [2.05, 4.69) is 9.98 Å². The number of alkyl halides is 3. The fourth-order valence-electron chi connectivity index (χ4n) is 3.75. The Balaban J connectivity index is 2.19. The highest BCUT2D eigenvalue weighted by Gasteiger charge is 2.41. The molecule has 0 amide bonds. The summed E-state index contributed by atoms with van der Waals surface area (Å²) in [7, 11) is 1.32. The molecule has 1 heterocycles. The zero-order valence-electron chi connectivity index (χ0n) is 20.2. The maximum atomic E-state index is 13.4. The molecule has 0 aliphatic heterocycles. The summed E-state index contributed by atoms with van der Waals surface area (Å²) in [6.07, 6.45) is 1.25. The molecule has 0 saturated heterocycles. The first-order chi connectivity index (χ1) is 16.3. The molecule has 3 rings (SSSR count). The number of thiazole rings is 1. The Morgan fingerprint density at radius 1 is 1.29 bits per heavy atom. The minimum Gasteiger partial charge on any atom is -0.496 e. The van der Waals surface area contributed by atoms with Crippen molar-refractivity contribution < 1.29 is 27.4 Å². The highest BCUT2D eigenvalue weighted by atomic mass is 32.1. The maximum Gasteiger partial charge on any atom is 0.416 e. The van der Waals surface area contributed by atoms with E-state index in [4.69, 9.17) is 9.47 Å². The van der Waals surface area contributed by atoms with Crippen molar-refractivity contribution in [3.63, 3.8) is 0 Å². The van der Waals surface area contributed by atoms with Gasteiger partial charge in [-0.1, -0.05) is 20.8 Å². The van der Waals surface area contributed by atoms with Crippen molar-refractivity contribution in [3.8, 4) is 11.9 Å². The summed E-state index contributed by atoms with van der Waals surface area (Å²) in [5.74, 6) is -0.484. The van der Waals surface area contributed by atoms with Gasteiger partial charge in [-0.15, -0.1) is 11.3 Å². The average Bonchev–Trinajstić information content (AvgIpc) is 3.13. The lowest BCUT2D eigenvalue weighted by molar-refractivity contribution is -0.169. The molecule has 1 aliphatic rings. The zero-order chi connectivity index (χ0) is 26.0. The van der Waals surface area contributed by atoms with Crippen molar-refractivity contribution in [2.75, 3.05) is 7.11 Å². The van der Waals surface area contributed by atoms with E-state index in [-0.39, 0.29) is 28.5 Å². The van der Waals surface area contributed by atoms with Crippen molar-refractivity contribution in [1.29, 1.82) is 5.26 Å². The highest BCUT2D eigenvalue weighted by Crippen LogP contribution is 2.38. The van der Waals surface area contributed by atoms with Gasteiger partial charge in [-0.25, -0.2) is 0 Å². The monoisotopic (exact) mass is 508 g/mol. The Kier molecular flexibility index (Phi) is 7.45. The molecule has 1 aromatic carbocycles. The van der Waals surface area contributed by atoms with Crippen LogP contribution in [0.4, 0.5) is 13.2 Å². The Morgan fingerprint density at radius 3 is 2.46 bits per heavy atom. The molecule has 0 unspecified atom stereocenters. The zero-order valence-corrected chi connectivity index (χ0v) is 21.0. The van der Waals surface area contributed by atoms with Gasteiger partial charge in [0.05, 0.1) is 24.8 Å². The number of hydrogen-bond donors (Lipinski definition) is 0. The van der Waals surface area contributed by atoms with Crippen LogP contribution in [0.3, 0.4) is 0 Å². The lowest BCUT2D eigenvalue weighted by Crippen LogP contribution is -2.46. The van der Waals surface area contributed by atoms with Gasteiger partial charge in [0.25, 0.3) is 0 Å². The fraction of sp³-hybridized carbons (Fsp3) is 0.500. The van der Waals surface area contributed by atoms with E-state index in [0.717, 1.165) is 23.4 Å². The number of methoxy groups -OCH3 is 1. The number of halogens is 3. The Bertz CT molecular complexity index is 1240. The number of nitriles is 1. The largest absolute Gasteiger partial charge is 0.496 e. The van der Waals surface area contributed by atoms with Crippen molar-refractivity contribution in [2.45, 2.75) is 70.7 Å². The molecule has 2 aromatic rings. The van der Waals surface area contributed by atoms with Gasteiger partial charge >= 0.3 is 12.1 Å². The van der Waals surface area contributed by atoms with E-state index < -0.39 is 17.3 Å². The Morgan fingerprint density at radius 2 is 1.97 bits per heavy atom. The number of hydrogen-bond acceptors (Lipinski definition) is 6. The first-order valence-electron chi connectivity index (χ1n) is 11.0. The number of rotatable bonds is 5. The third kappa shape index (κ3) is 6.11. The second-order valence-electron chi connectivity index (χ2n) is 9.45. The molecule has 11 heteroatoms. The van der Waals surface area contributed by atoms with Gasteiger partial charge in [0.1, 0.15) is 11.4 Å². The van der Waals surface area contributed by atoms with Gasteiger partial charge in [0.15, 0.2) is 10.6 Å². The number of ether oxygens (including phenoxy) is 2. The van der Waals surface area contributed by atoms with Crippen LogP contribution in [-0.2, 0) is 27.7 Å². The van der Waals surface area contributed by atoms with Gasteiger partial charge in [-0.2, -0.15) is 28.4 Å². The van der Waals surface area contributed by atoms with Crippen molar-refractivity contribution >= 4 is 23.1 Å². The summed E-state index contributed by atoms with van der Waals surface area (Å²) in [6, 6.07) is 2.94. The normalized spacial score (nSPS) is 16.4. The number of amidine groups is 1. The second kappa shape index (κ2) is 9.85. The number of nitrogens with zero attached hydrogens (tertiary/aromatic N) is 4. The van der Waals surface area contributed by atoms with Gasteiger partial charge in [-0.05, 0) is 42.9 Å². The number of carbonyl (C=O) groups is 1. The molecule has 0 N–H and O–H groups in total. The predicted octanol–water partition coefficient (Wildman–Crippen LogP) is 5.19. The molecule has 1 aromatic heterocycles. The van der Waals surface area contributed by atoms with Crippen molar-refractivity contribution in [1.82, 2.24) is 4.57 Å². The minimum atomic E-state index is -4.60. The van der Waals surface area contributed by atoms with Crippen LogP contribution in [0.5, 0.6) is 5.75 Å². The highest BCUT2D eigenvalue weighted by molar-refractivity contribution is 7.09. The molecule has 35 heavy (non-hydrogen) atoms. The number of esters is 1. The first-order valence-corrected chi connectivity index (χ1v) is 11.8. The van der Waals surface area contributed by atoms with Gasteiger partial charge in [0.2, 0.25) is 6.19 Å². The molecule has 0 atom stereocenters. The van der Waals surface area contributed by atoms with Gasteiger partial charge in [0, 0.05) is 18.0 Å². The Labute approximate surface area is 205 Å². The number of benzene rings is 1. The van der Waals surface area contributed by atoms with Crippen molar-refractivity contribution in [3.05, 3.63) is 45.2 Å². The smallest absolute Gasteiger partial charge is 0.416 e. The molecule has 0 radical (unpaired) electrons. The van der Waals surface area contributed by atoms with E-state index in [1.54, 1.807) is 6.19 Å². The number of aliphatic imine (C=N–C) groups is 1. The molecule has 0 bridgehead atoms. The summed E-state index contributed by atoms with van der Waals surface area (Å²) >= 11 is 1.34. The number of aromatic nitrogens is 1. The molecule has 1 aliphatic carbocycles. The molecule has 7 nitrogen and oxygen atoms in total. The SMILES string of the molecule is COc1ccc(C(F)(F)F)cc1C(=NC#N)N=c1sc(C(C)(C)C)cn1CC1(OC(C)=O)CCC1. The van der Waals surface area contributed by atoms with E-state index in [1.807, 2.05) is 31.5 Å². The van der Waals surface area contributed by atoms with E-state index in [1.165, 1.54) is 31.4 Å². The summed E-state index contributed by atoms with van der Waals surface area (Å²) in [4.78, 5) is 21.3. The third-order valence-electron chi connectivity index (χ3n) is 5.67. The maximum absolute atomic E-state index is 13.4. The van der Waals surface area contributed by atoms with Crippen molar-refractivity contribution in [2.24, 2.45) is 9.98 Å². The van der Waals surface area contributed by atoms with Crippen LogP contribution in [0, 0.1) is 11.5 Å². The molecule has 1 saturated carbocycles. The van der Waals surface area contributed by atoms with Crippen LogP contribution in [0.1, 0.15) is 63.0 Å². The minimum absolute atomic E-state index is 0.0560. The molecule has 0 spiro atoms. The topological polar surface area (TPSA) is 89.0 Å². The quantitative estimate of drug-likeness (QED) is 0.241. The first kappa shape index (κ1) is 26.5. The predicted molar refractivity (Wildman–Crippen MR) is 125 cm³/mol. The van der Waals surface area contributed by atoms with Crippen LogP contribution >= 0.6 is 11.3 Å². The standard InChI is InChI=1S/C24H27F3N4O3S/c1-15(32)34-23(9-6-10-23)13-31-12-19(22(2,3)4)35-21(31)30-20(29-14-28)17-11-16(24(25,26)27)7-8-18(17)33-5/h7-8,11-12H,6,9-10,13H2,1-5H3. The number of carbonyl (C=O) groups excluding carboxylic acids is 1. The van der Waals surface area contributed by atoms with Crippen LogP contribution in [0.15, 0.2) is 34.4 Å².